The molecule has 3 nitrogen and oxygen atoms in total. The Bertz CT molecular complexity index is 514. The summed E-state index contributed by atoms with van der Waals surface area (Å²) in [6.45, 7) is 1.68. The largest absolute Gasteiger partial charge is 0.467 e. The normalized spacial score (nSPS) is 12.5. The first kappa shape index (κ1) is 11.5. The van der Waals surface area contributed by atoms with Gasteiger partial charge < -0.3 is 9.73 Å². The lowest BCUT2D eigenvalue weighted by Crippen LogP contribution is -2.10. The number of furan rings is 1. The van der Waals surface area contributed by atoms with Crippen molar-refractivity contribution in [1.82, 2.24) is 4.98 Å². The van der Waals surface area contributed by atoms with Crippen molar-refractivity contribution in [3.8, 4) is 0 Å². The Kier molecular flexibility index (Phi) is 3.03. The van der Waals surface area contributed by atoms with Gasteiger partial charge in [-0.2, -0.15) is 9.37 Å². The van der Waals surface area contributed by atoms with Crippen molar-refractivity contribution in [1.29, 1.82) is 0 Å². The van der Waals surface area contributed by atoms with Gasteiger partial charge in [0.05, 0.1) is 12.3 Å². The van der Waals surface area contributed by atoms with Gasteiger partial charge >= 0.3 is 0 Å². The number of anilines is 1. The van der Waals surface area contributed by atoms with Crippen molar-refractivity contribution in [2.45, 2.75) is 13.0 Å². The molecule has 2 rings (SSSR count). The number of pyridine rings is 1. The summed E-state index contributed by atoms with van der Waals surface area (Å²) < 4.78 is 43.8. The fourth-order valence-electron chi connectivity index (χ4n) is 1.36. The zero-order valence-electron chi connectivity index (χ0n) is 8.88. The van der Waals surface area contributed by atoms with Gasteiger partial charge in [-0.25, -0.2) is 8.78 Å². The summed E-state index contributed by atoms with van der Waals surface area (Å²) in [7, 11) is 0. The fraction of sp³-hybridized carbons (Fsp3) is 0.182. The van der Waals surface area contributed by atoms with E-state index in [1.54, 1.807) is 19.1 Å². The van der Waals surface area contributed by atoms with Crippen LogP contribution in [0.1, 0.15) is 18.7 Å². The Morgan fingerprint density at radius 2 is 2.06 bits per heavy atom. The molecule has 1 atom stereocenters. The third-order valence-corrected chi connectivity index (χ3v) is 2.21. The maximum atomic E-state index is 13.3. The zero-order valence-corrected chi connectivity index (χ0v) is 8.88. The van der Waals surface area contributed by atoms with Gasteiger partial charge in [0, 0.05) is 6.07 Å². The second kappa shape index (κ2) is 4.48. The number of nitrogens with one attached hydrogen (secondary N) is 1. The highest BCUT2D eigenvalue weighted by Gasteiger charge is 2.15. The zero-order chi connectivity index (χ0) is 12.4. The molecule has 0 bridgehead atoms. The van der Waals surface area contributed by atoms with Gasteiger partial charge in [0.1, 0.15) is 5.76 Å². The summed E-state index contributed by atoms with van der Waals surface area (Å²) in [5, 5.41) is 2.59. The van der Waals surface area contributed by atoms with E-state index in [-0.39, 0.29) is 5.82 Å². The van der Waals surface area contributed by atoms with E-state index in [4.69, 9.17) is 4.42 Å². The van der Waals surface area contributed by atoms with Crippen LogP contribution >= 0.6 is 0 Å². The van der Waals surface area contributed by atoms with Crippen molar-refractivity contribution in [3.63, 3.8) is 0 Å². The lowest BCUT2D eigenvalue weighted by Gasteiger charge is -2.12. The number of halogens is 3. The molecule has 6 heteroatoms. The fourth-order valence-corrected chi connectivity index (χ4v) is 1.36. The van der Waals surface area contributed by atoms with E-state index >= 15 is 0 Å². The molecule has 0 aliphatic rings. The molecule has 0 aliphatic carbocycles. The van der Waals surface area contributed by atoms with E-state index < -0.39 is 23.6 Å². The lowest BCUT2D eigenvalue weighted by molar-refractivity contribution is 0.462. The van der Waals surface area contributed by atoms with Crippen molar-refractivity contribution in [3.05, 3.63) is 47.8 Å². The minimum absolute atomic E-state index is 0.354. The maximum absolute atomic E-state index is 13.3. The summed E-state index contributed by atoms with van der Waals surface area (Å²) >= 11 is 0. The predicted molar refractivity (Wildman–Crippen MR) is 54.9 cm³/mol. The van der Waals surface area contributed by atoms with Crippen LogP contribution in [0.2, 0.25) is 0 Å². The number of nitrogens with zero attached hydrogens (tertiary/aromatic N) is 1. The van der Waals surface area contributed by atoms with E-state index in [9.17, 15) is 13.2 Å². The summed E-state index contributed by atoms with van der Waals surface area (Å²) in [6, 6.07) is 3.38. The smallest absolute Gasteiger partial charge is 0.251 e. The van der Waals surface area contributed by atoms with Crippen LogP contribution < -0.4 is 5.32 Å². The number of rotatable bonds is 3. The van der Waals surface area contributed by atoms with Gasteiger partial charge in [-0.1, -0.05) is 0 Å². The van der Waals surface area contributed by atoms with Gasteiger partial charge in [-0.15, -0.1) is 0 Å². The monoisotopic (exact) mass is 242 g/mol. The first-order chi connectivity index (χ1) is 8.08. The number of hydrogen-bond acceptors (Lipinski definition) is 3. The lowest BCUT2D eigenvalue weighted by atomic mass is 10.2. The van der Waals surface area contributed by atoms with Gasteiger partial charge in [-0.05, 0) is 19.1 Å². The SMILES string of the molecule is CC(Nc1nc(F)c(F)cc1F)c1ccco1. The average molecular weight is 242 g/mol. The Hall–Kier alpha value is -1.98. The topological polar surface area (TPSA) is 38.1 Å². The van der Waals surface area contributed by atoms with Gasteiger partial charge in [-0.3, -0.25) is 0 Å². The van der Waals surface area contributed by atoms with E-state index in [2.05, 4.69) is 10.3 Å². The van der Waals surface area contributed by atoms with Gasteiger partial charge in [0.25, 0.3) is 5.95 Å². The van der Waals surface area contributed by atoms with Crippen LogP contribution in [0.25, 0.3) is 0 Å². The summed E-state index contributed by atoms with van der Waals surface area (Å²) in [5.41, 5.74) is 0. The molecular formula is C11H9F3N2O. The molecule has 0 radical (unpaired) electrons. The molecule has 1 N–H and O–H groups in total. The molecule has 0 spiro atoms. The summed E-state index contributed by atoms with van der Waals surface area (Å²) in [6.07, 6.45) is 1.46. The Morgan fingerprint density at radius 3 is 2.71 bits per heavy atom. The number of hydrogen-bond donors (Lipinski definition) is 1. The van der Waals surface area contributed by atoms with E-state index in [0.717, 1.165) is 0 Å². The molecule has 17 heavy (non-hydrogen) atoms. The molecule has 90 valence electrons. The van der Waals surface area contributed by atoms with E-state index in [1.807, 2.05) is 0 Å². The molecule has 0 saturated heterocycles. The maximum Gasteiger partial charge on any atom is 0.251 e. The molecule has 0 aliphatic heterocycles. The Labute approximate surface area is 95.3 Å². The van der Waals surface area contributed by atoms with Crippen LogP contribution in [0, 0.1) is 17.6 Å². The summed E-state index contributed by atoms with van der Waals surface area (Å²) in [4.78, 5) is 3.15. The molecule has 1 unspecified atom stereocenters. The van der Waals surface area contributed by atoms with Crippen LogP contribution in [0.5, 0.6) is 0 Å². The highest BCUT2D eigenvalue weighted by atomic mass is 19.2. The van der Waals surface area contributed by atoms with Crippen LogP contribution in [-0.2, 0) is 0 Å². The van der Waals surface area contributed by atoms with Crippen molar-refractivity contribution in [2.24, 2.45) is 0 Å². The molecular weight excluding hydrogens is 233 g/mol. The highest BCUT2D eigenvalue weighted by Crippen LogP contribution is 2.21. The first-order valence-corrected chi connectivity index (χ1v) is 4.89. The molecule has 2 aromatic heterocycles. The van der Waals surface area contributed by atoms with Crippen molar-refractivity contribution < 1.29 is 17.6 Å². The average Bonchev–Trinajstić information content (AvgIpc) is 2.79. The van der Waals surface area contributed by atoms with E-state index in [0.29, 0.717) is 11.8 Å². The molecule has 2 aromatic rings. The van der Waals surface area contributed by atoms with Crippen LogP contribution in [0.3, 0.4) is 0 Å². The van der Waals surface area contributed by atoms with Gasteiger partial charge in [0.15, 0.2) is 17.5 Å². The van der Waals surface area contributed by atoms with Crippen LogP contribution in [0.4, 0.5) is 19.0 Å². The summed E-state index contributed by atoms with van der Waals surface area (Å²) in [5.74, 6) is -3.44. The molecule has 0 fully saturated rings. The van der Waals surface area contributed by atoms with Crippen molar-refractivity contribution >= 4 is 5.82 Å². The minimum Gasteiger partial charge on any atom is -0.467 e. The van der Waals surface area contributed by atoms with E-state index in [1.165, 1.54) is 6.26 Å². The number of aromatic nitrogens is 1. The first-order valence-electron chi connectivity index (χ1n) is 4.89. The third kappa shape index (κ3) is 2.41. The molecule has 0 aromatic carbocycles. The predicted octanol–water partition coefficient (Wildman–Crippen LogP) is 3.27. The third-order valence-electron chi connectivity index (χ3n) is 2.21. The van der Waals surface area contributed by atoms with Gasteiger partial charge in [0.2, 0.25) is 0 Å². The second-order valence-corrected chi connectivity index (χ2v) is 3.47. The standard InChI is InChI=1S/C11H9F3N2O/c1-6(9-3-2-4-17-9)15-11-8(13)5-7(12)10(14)16-11/h2-6H,1H3,(H,15,16). The second-order valence-electron chi connectivity index (χ2n) is 3.47. The Balaban J connectivity index is 2.22. The highest BCUT2D eigenvalue weighted by molar-refractivity contribution is 5.38. The minimum atomic E-state index is -1.35. The van der Waals surface area contributed by atoms with Crippen LogP contribution in [-0.4, -0.2) is 4.98 Å². The molecule has 0 saturated carbocycles. The van der Waals surface area contributed by atoms with Crippen LogP contribution in [0.15, 0.2) is 28.9 Å². The molecule has 2 heterocycles. The molecule has 0 amide bonds. The Morgan fingerprint density at radius 1 is 1.29 bits per heavy atom. The quantitative estimate of drug-likeness (QED) is 0.839. The van der Waals surface area contributed by atoms with Crippen molar-refractivity contribution in [2.75, 3.05) is 5.32 Å².